The van der Waals surface area contributed by atoms with E-state index >= 15 is 0 Å². The Morgan fingerprint density at radius 1 is 1.50 bits per heavy atom. The molecule has 0 saturated carbocycles. The van der Waals surface area contributed by atoms with E-state index in [4.69, 9.17) is 5.73 Å². The van der Waals surface area contributed by atoms with Gasteiger partial charge in [0.05, 0.1) is 0 Å². The second kappa shape index (κ2) is 4.82. The third kappa shape index (κ3) is 2.08. The predicted octanol–water partition coefficient (Wildman–Crippen LogP) is 2.09. The molecule has 1 unspecified atom stereocenters. The van der Waals surface area contributed by atoms with Gasteiger partial charge >= 0.3 is 0 Å². The fourth-order valence-electron chi connectivity index (χ4n) is 2.54. The molecule has 1 aliphatic rings. The van der Waals surface area contributed by atoms with E-state index in [1.165, 1.54) is 34.6 Å². The molecule has 2 aromatic heterocycles. The van der Waals surface area contributed by atoms with Crippen LogP contribution in [0.3, 0.4) is 0 Å². The van der Waals surface area contributed by atoms with Crippen LogP contribution in [0.15, 0.2) is 12.4 Å². The van der Waals surface area contributed by atoms with Gasteiger partial charge in [0.15, 0.2) is 0 Å². The van der Waals surface area contributed by atoms with E-state index < -0.39 is 0 Å². The predicted molar refractivity (Wildman–Crippen MR) is 72.7 cm³/mol. The van der Waals surface area contributed by atoms with Gasteiger partial charge in [0.1, 0.15) is 12.2 Å². The van der Waals surface area contributed by atoms with E-state index in [2.05, 4.69) is 23.1 Å². The van der Waals surface area contributed by atoms with Crippen molar-refractivity contribution < 1.29 is 0 Å². The Balaban J connectivity index is 1.76. The average molecular weight is 262 g/mol. The van der Waals surface area contributed by atoms with Crippen LogP contribution in [-0.4, -0.2) is 14.8 Å². The van der Waals surface area contributed by atoms with Crippen molar-refractivity contribution in [1.82, 2.24) is 14.8 Å². The zero-order chi connectivity index (χ0) is 12.5. The van der Waals surface area contributed by atoms with E-state index in [1.807, 2.05) is 16.0 Å². The Bertz CT molecular complexity index is 521. The summed E-state index contributed by atoms with van der Waals surface area (Å²) in [5, 5.41) is 4.18. The lowest BCUT2D eigenvalue weighted by Gasteiger charge is -2.09. The Morgan fingerprint density at radius 2 is 2.39 bits per heavy atom. The first-order chi connectivity index (χ1) is 8.78. The van der Waals surface area contributed by atoms with Gasteiger partial charge in [0, 0.05) is 28.8 Å². The SMILES string of the molecule is CCn1ncnc1CC(N)c1cc2c(s1)CCC2. The van der Waals surface area contributed by atoms with Crippen LogP contribution in [0.4, 0.5) is 0 Å². The molecule has 0 aromatic carbocycles. The fraction of sp³-hybridized carbons (Fsp3) is 0.538. The molecule has 0 amide bonds. The smallest absolute Gasteiger partial charge is 0.138 e. The van der Waals surface area contributed by atoms with Crippen LogP contribution < -0.4 is 5.73 Å². The van der Waals surface area contributed by atoms with Gasteiger partial charge in [-0.15, -0.1) is 11.3 Å². The van der Waals surface area contributed by atoms with Crippen LogP contribution in [-0.2, 0) is 25.8 Å². The van der Waals surface area contributed by atoms with Gasteiger partial charge in [-0.2, -0.15) is 5.10 Å². The normalized spacial score (nSPS) is 15.9. The minimum Gasteiger partial charge on any atom is -0.323 e. The van der Waals surface area contributed by atoms with Gasteiger partial charge in [-0.05, 0) is 37.8 Å². The summed E-state index contributed by atoms with van der Waals surface area (Å²) >= 11 is 1.88. The molecule has 0 bridgehead atoms. The highest BCUT2D eigenvalue weighted by Gasteiger charge is 2.19. The number of hydrogen-bond donors (Lipinski definition) is 1. The maximum Gasteiger partial charge on any atom is 0.138 e. The van der Waals surface area contributed by atoms with Crippen LogP contribution in [0.5, 0.6) is 0 Å². The Hall–Kier alpha value is -1.20. The number of aromatic nitrogens is 3. The topological polar surface area (TPSA) is 56.7 Å². The zero-order valence-corrected chi connectivity index (χ0v) is 11.4. The third-order valence-corrected chi connectivity index (χ3v) is 4.90. The van der Waals surface area contributed by atoms with Crippen molar-refractivity contribution in [2.45, 2.75) is 45.2 Å². The van der Waals surface area contributed by atoms with Crippen molar-refractivity contribution in [1.29, 1.82) is 0 Å². The molecular weight excluding hydrogens is 244 g/mol. The summed E-state index contributed by atoms with van der Waals surface area (Å²) in [4.78, 5) is 7.13. The lowest BCUT2D eigenvalue weighted by atomic mass is 10.1. The lowest BCUT2D eigenvalue weighted by molar-refractivity contribution is 0.584. The van der Waals surface area contributed by atoms with Crippen LogP contribution in [0.1, 0.15) is 40.5 Å². The van der Waals surface area contributed by atoms with Crippen LogP contribution >= 0.6 is 11.3 Å². The molecule has 0 aliphatic heterocycles. The third-order valence-electron chi connectivity index (χ3n) is 3.53. The maximum atomic E-state index is 6.30. The Labute approximate surface area is 111 Å². The summed E-state index contributed by atoms with van der Waals surface area (Å²) in [7, 11) is 0. The van der Waals surface area contributed by atoms with Crippen molar-refractivity contribution in [2.75, 3.05) is 0 Å². The zero-order valence-electron chi connectivity index (χ0n) is 10.6. The number of rotatable bonds is 4. The molecule has 4 nitrogen and oxygen atoms in total. The first-order valence-electron chi connectivity index (χ1n) is 6.51. The van der Waals surface area contributed by atoms with Crippen molar-refractivity contribution >= 4 is 11.3 Å². The average Bonchev–Trinajstić information content (AvgIpc) is 3.02. The number of thiophene rings is 1. The summed E-state index contributed by atoms with van der Waals surface area (Å²) in [6.07, 6.45) is 6.15. The summed E-state index contributed by atoms with van der Waals surface area (Å²) in [5.74, 6) is 0.985. The standard InChI is InChI=1S/C13H18N4S/c1-2-17-13(15-8-16-17)7-10(14)12-6-9-4-3-5-11(9)18-12/h6,8,10H,2-5,7,14H2,1H3. The number of aryl methyl sites for hydroxylation is 3. The first kappa shape index (κ1) is 11.9. The Morgan fingerprint density at radius 3 is 3.17 bits per heavy atom. The van der Waals surface area contributed by atoms with Gasteiger partial charge in [-0.1, -0.05) is 0 Å². The molecule has 1 atom stereocenters. The number of fused-ring (bicyclic) bond motifs is 1. The quantitative estimate of drug-likeness (QED) is 0.918. The van der Waals surface area contributed by atoms with Gasteiger partial charge in [0.2, 0.25) is 0 Å². The number of hydrogen-bond acceptors (Lipinski definition) is 4. The second-order valence-corrected chi connectivity index (χ2v) is 5.92. The molecule has 2 heterocycles. The van der Waals surface area contributed by atoms with E-state index in [-0.39, 0.29) is 6.04 Å². The molecule has 5 heteroatoms. The van der Waals surface area contributed by atoms with E-state index in [0.29, 0.717) is 0 Å². The summed E-state index contributed by atoms with van der Waals surface area (Å²) in [6, 6.07) is 2.35. The van der Waals surface area contributed by atoms with Gasteiger partial charge in [-0.3, -0.25) is 4.68 Å². The summed E-state index contributed by atoms with van der Waals surface area (Å²) in [5.41, 5.74) is 7.82. The molecule has 96 valence electrons. The van der Waals surface area contributed by atoms with Crippen molar-refractivity contribution in [3.05, 3.63) is 33.5 Å². The second-order valence-electron chi connectivity index (χ2n) is 4.75. The molecular formula is C13H18N4S. The van der Waals surface area contributed by atoms with Crippen LogP contribution in [0, 0.1) is 0 Å². The molecule has 3 rings (SSSR count). The molecule has 0 fully saturated rings. The lowest BCUT2D eigenvalue weighted by Crippen LogP contribution is -2.15. The minimum atomic E-state index is 0.0510. The molecule has 0 saturated heterocycles. The van der Waals surface area contributed by atoms with Gasteiger partial charge in [0.25, 0.3) is 0 Å². The van der Waals surface area contributed by atoms with E-state index in [1.54, 1.807) is 6.33 Å². The van der Waals surface area contributed by atoms with Crippen LogP contribution in [0.25, 0.3) is 0 Å². The summed E-state index contributed by atoms with van der Waals surface area (Å²) in [6.45, 7) is 2.92. The number of nitrogens with two attached hydrogens (primary N) is 1. The summed E-state index contributed by atoms with van der Waals surface area (Å²) < 4.78 is 1.92. The molecule has 1 aliphatic carbocycles. The van der Waals surface area contributed by atoms with E-state index in [0.717, 1.165) is 18.8 Å². The number of nitrogens with zero attached hydrogens (tertiary/aromatic N) is 3. The van der Waals surface area contributed by atoms with E-state index in [9.17, 15) is 0 Å². The molecule has 2 N–H and O–H groups in total. The molecule has 0 spiro atoms. The molecule has 0 radical (unpaired) electrons. The highest BCUT2D eigenvalue weighted by Crippen LogP contribution is 2.33. The minimum absolute atomic E-state index is 0.0510. The fourth-order valence-corrected chi connectivity index (χ4v) is 3.80. The van der Waals surface area contributed by atoms with Crippen molar-refractivity contribution in [2.24, 2.45) is 5.73 Å². The monoisotopic (exact) mass is 262 g/mol. The highest BCUT2D eigenvalue weighted by molar-refractivity contribution is 7.12. The molecule has 2 aromatic rings. The van der Waals surface area contributed by atoms with Crippen LogP contribution in [0.2, 0.25) is 0 Å². The largest absolute Gasteiger partial charge is 0.323 e. The highest BCUT2D eigenvalue weighted by atomic mass is 32.1. The van der Waals surface area contributed by atoms with Gasteiger partial charge < -0.3 is 5.73 Å². The first-order valence-corrected chi connectivity index (χ1v) is 7.33. The van der Waals surface area contributed by atoms with Crippen molar-refractivity contribution in [3.8, 4) is 0 Å². The molecule has 18 heavy (non-hydrogen) atoms. The Kier molecular flexibility index (Phi) is 3.18. The maximum absolute atomic E-state index is 6.30. The van der Waals surface area contributed by atoms with Crippen molar-refractivity contribution in [3.63, 3.8) is 0 Å². The van der Waals surface area contributed by atoms with Gasteiger partial charge in [-0.25, -0.2) is 4.98 Å².